The van der Waals surface area contributed by atoms with Gasteiger partial charge in [0.05, 0.1) is 6.10 Å². The first-order valence-electron chi connectivity index (χ1n) is 8.48. The molecule has 2 rings (SSSR count). The van der Waals surface area contributed by atoms with Crippen LogP contribution >= 0.6 is 0 Å². The highest BCUT2D eigenvalue weighted by Crippen LogP contribution is 2.25. The molecule has 1 aliphatic rings. The average molecular weight is 289 g/mol. The molecule has 1 heterocycles. The summed E-state index contributed by atoms with van der Waals surface area (Å²) in [5.41, 5.74) is 2.56. The molecule has 0 amide bonds. The van der Waals surface area contributed by atoms with Gasteiger partial charge < -0.3 is 10.0 Å². The van der Waals surface area contributed by atoms with E-state index in [1.54, 1.807) is 0 Å². The van der Waals surface area contributed by atoms with E-state index in [1.165, 1.54) is 37.9 Å². The molecule has 1 unspecified atom stereocenters. The lowest BCUT2D eigenvalue weighted by Gasteiger charge is -2.26. The molecule has 0 aliphatic carbocycles. The number of benzene rings is 1. The highest BCUT2D eigenvalue weighted by molar-refractivity contribution is 5.28. The second-order valence-electron chi connectivity index (χ2n) is 7.43. The van der Waals surface area contributed by atoms with Crippen LogP contribution < -0.4 is 0 Å². The molecular formula is C19H31NO. The molecule has 1 fully saturated rings. The molecule has 1 atom stereocenters. The molecule has 0 spiro atoms. The zero-order valence-electron chi connectivity index (χ0n) is 13.9. The molecule has 1 aromatic rings. The maximum atomic E-state index is 10.3. The summed E-state index contributed by atoms with van der Waals surface area (Å²) in [7, 11) is 0. The zero-order valence-corrected chi connectivity index (χ0v) is 13.9. The van der Waals surface area contributed by atoms with E-state index >= 15 is 0 Å². The van der Waals surface area contributed by atoms with Crippen molar-refractivity contribution in [1.29, 1.82) is 0 Å². The summed E-state index contributed by atoms with van der Waals surface area (Å²) < 4.78 is 0. The van der Waals surface area contributed by atoms with Crippen molar-refractivity contribution in [2.24, 2.45) is 0 Å². The first-order valence-corrected chi connectivity index (χ1v) is 8.48. The molecular weight excluding hydrogens is 258 g/mol. The lowest BCUT2D eigenvalue weighted by Crippen LogP contribution is -2.30. The molecule has 2 heteroatoms. The van der Waals surface area contributed by atoms with Gasteiger partial charge in [-0.25, -0.2) is 0 Å². The van der Waals surface area contributed by atoms with Crippen molar-refractivity contribution in [2.75, 3.05) is 19.6 Å². The van der Waals surface area contributed by atoms with Gasteiger partial charge in [-0.2, -0.15) is 0 Å². The Balaban J connectivity index is 1.78. The van der Waals surface area contributed by atoms with Crippen LogP contribution in [0.25, 0.3) is 0 Å². The van der Waals surface area contributed by atoms with Gasteiger partial charge in [0, 0.05) is 0 Å². The number of nitrogens with zero attached hydrogens (tertiary/aromatic N) is 1. The van der Waals surface area contributed by atoms with Crippen molar-refractivity contribution in [2.45, 2.75) is 64.4 Å². The van der Waals surface area contributed by atoms with E-state index < -0.39 is 0 Å². The minimum Gasteiger partial charge on any atom is -0.388 e. The Bertz CT molecular complexity index is 412. The van der Waals surface area contributed by atoms with E-state index in [0.29, 0.717) is 0 Å². The van der Waals surface area contributed by atoms with Gasteiger partial charge >= 0.3 is 0 Å². The van der Waals surface area contributed by atoms with Gasteiger partial charge in [-0.1, -0.05) is 51.5 Å². The zero-order chi connectivity index (χ0) is 15.3. The van der Waals surface area contributed by atoms with Crippen LogP contribution in [-0.2, 0) is 5.41 Å². The predicted molar refractivity (Wildman–Crippen MR) is 89.6 cm³/mol. The van der Waals surface area contributed by atoms with Crippen molar-refractivity contribution in [3.63, 3.8) is 0 Å². The number of hydrogen-bond donors (Lipinski definition) is 1. The van der Waals surface area contributed by atoms with Gasteiger partial charge in [0.2, 0.25) is 0 Å². The van der Waals surface area contributed by atoms with Gasteiger partial charge in [-0.05, 0) is 61.9 Å². The maximum Gasteiger partial charge on any atom is 0.0790 e. The average Bonchev–Trinajstić information content (AvgIpc) is 2.47. The van der Waals surface area contributed by atoms with E-state index in [9.17, 15) is 5.11 Å². The monoisotopic (exact) mass is 289 g/mol. The van der Waals surface area contributed by atoms with Crippen LogP contribution in [0.5, 0.6) is 0 Å². The summed E-state index contributed by atoms with van der Waals surface area (Å²) >= 11 is 0. The first-order chi connectivity index (χ1) is 9.97. The molecule has 0 radical (unpaired) electrons. The molecule has 1 aliphatic heterocycles. The lowest BCUT2D eigenvalue weighted by atomic mass is 9.86. The molecule has 0 saturated carbocycles. The SMILES string of the molecule is CC(C)(C)c1ccc(C(O)CCCN2CCCCC2)cc1. The third-order valence-electron chi connectivity index (χ3n) is 4.56. The van der Waals surface area contributed by atoms with Crippen molar-refractivity contribution < 1.29 is 5.11 Å². The number of piperidine rings is 1. The summed E-state index contributed by atoms with van der Waals surface area (Å²) in [5.74, 6) is 0. The highest BCUT2D eigenvalue weighted by Gasteiger charge is 2.15. The number of aliphatic hydroxyl groups is 1. The maximum absolute atomic E-state index is 10.3. The topological polar surface area (TPSA) is 23.5 Å². The van der Waals surface area contributed by atoms with E-state index in [2.05, 4.69) is 49.9 Å². The van der Waals surface area contributed by atoms with Gasteiger partial charge in [-0.3, -0.25) is 0 Å². The molecule has 21 heavy (non-hydrogen) atoms. The third-order valence-corrected chi connectivity index (χ3v) is 4.56. The Morgan fingerprint density at radius 3 is 2.24 bits per heavy atom. The molecule has 1 N–H and O–H groups in total. The number of hydrogen-bond acceptors (Lipinski definition) is 2. The minimum absolute atomic E-state index is 0.178. The highest BCUT2D eigenvalue weighted by atomic mass is 16.3. The number of rotatable bonds is 5. The third kappa shape index (κ3) is 5.12. The van der Waals surface area contributed by atoms with E-state index in [4.69, 9.17) is 0 Å². The second kappa shape index (κ2) is 7.42. The summed E-state index contributed by atoms with van der Waals surface area (Å²) in [6.45, 7) is 10.3. The van der Waals surface area contributed by atoms with Crippen LogP contribution in [0, 0.1) is 0 Å². The Morgan fingerprint density at radius 1 is 1.05 bits per heavy atom. The van der Waals surface area contributed by atoms with E-state index in [-0.39, 0.29) is 11.5 Å². The quantitative estimate of drug-likeness (QED) is 0.874. The van der Waals surface area contributed by atoms with Gasteiger partial charge in [0.25, 0.3) is 0 Å². The van der Waals surface area contributed by atoms with Crippen molar-refractivity contribution >= 4 is 0 Å². The van der Waals surface area contributed by atoms with Crippen LogP contribution in [0.2, 0.25) is 0 Å². The standard InChI is InChI=1S/C19H31NO/c1-19(2,3)17-11-9-16(10-12-17)18(21)8-7-15-20-13-5-4-6-14-20/h9-12,18,21H,4-8,13-15H2,1-3H3. The Labute approximate surface area is 130 Å². The normalized spacial score (nSPS) is 18.7. The molecule has 1 aromatic carbocycles. The van der Waals surface area contributed by atoms with Crippen molar-refractivity contribution in [3.05, 3.63) is 35.4 Å². The Hall–Kier alpha value is -0.860. The van der Waals surface area contributed by atoms with Crippen molar-refractivity contribution in [3.8, 4) is 0 Å². The smallest absolute Gasteiger partial charge is 0.0790 e. The molecule has 118 valence electrons. The van der Waals surface area contributed by atoms with Crippen LogP contribution in [0.3, 0.4) is 0 Å². The summed E-state index contributed by atoms with van der Waals surface area (Å²) in [4.78, 5) is 2.54. The molecule has 0 bridgehead atoms. The van der Waals surface area contributed by atoms with Crippen LogP contribution in [0.1, 0.15) is 70.1 Å². The van der Waals surface area contributed by atoms with Gasteiger partial charge in [0.1, 0.15) is 0 Å². The predicted octanol–water partition coefficient (Wildman–Crippen LogP) is 4.28. The minimum atomic E-state index is -0.316. The molecule has 2 nitrogen and oxygen atoms in total. The second-order valence-corrected chi connectivity index (χ2v) is 7.43. The first kappa shape index (κ1) is 16.5. The van der Waals surface area contributed by atoms with E-state index in [0.717, 1.165) is 24.9 Å². The van der Waals surface area contributed by atoms with Gasteiger partial charge in [0.15, 0.2) is 0 Å². The summed E-state index contributed by atoms with van der Waals surface area (Å²) in [6.07, 6.45) is 5.71. The van der Waals surface area contributed by atoms with E-state index in [1.807, 2.05) is 0 Å². The number of aliphatic hydroxyl groups excluding tert-OH is 1. The molecule has 0 aromatic heterocycles. The fourth-order valence-electron chi connectivity index (χ4n) is 3.06. The lowest BCUT2D eigenvalue weighted by molar-refractivity contribution is 0.151. The van der Waals surface area contributed by atoms with Crippen LogP contribution in [0.15, 0.2) is 24.3 Å². The Morgan fingerprint density at radius 2 is 1.67 bits per heavy atom. The van der Waals surface area contributed by atoms with Crippen LogP contribution in [0.4, 0.5) is 0 Å². The largest absolute Gasteiger partial charge is 0.388 e. The summed E-state index contributed by atoms with van der Waals surface area (Å²) in [5, 5.41) is 10.3. The fraction of sp³-hybridized carbons (Fsp3) is 0.684. The van der Waals surface area contributed by atoms with Crippen molar-refractivity contribution in [1.82, 2.24) is 4.90 Å². The fourth-order valence-corrected chi connectivity index (χ4v) is 3.06. The van der Waals surface area contributed by atoms with Gasteiger partial charge in [-0.15, -0.1) is 0 Å². The van der Waals surface area contributed by atoms with Crippen LogP contribution in [-0.4, -0.2) is 29.6 Å². The number of likely N-dealkylation sites (tertiary alicyclic amines) is 1. The Kier molecular flexibility index (Phi) is 5.83. The molecule has 1 saturated heterocycles. The summed E-state index contributed by atoms with van der Waals surface area (Å²) in [6, 6.07) is 8.49.